The molecule has 0 aliphatic carbocycles. The predicted molar refractivity (Wildman–Crippen MR) is 204 cm³/mol. The van der Waals surface area contributed by atoms with Crippen LogP contribution in [0.2, 0.25) is 0 Å². The zero-order chi connectivity index (χ0) is 41.2. The Hall–Kier alpha value is -5.43. The summed E-state index contributed by atoms with van der Waals surface area (Å²) >= 11 is 0. The summed E-state index contributed by atoms with van der Waals surface area (Å²) in [5, 5.41) is 11.4. The van der Waals surface area contributed by atoms with Gasteiger partial charge in [-0.1, -0.05) is 12.1 Å². The Morgan fingerprint density at radius 1 is 0.845 bits per heavy atom. The summed E-state index contributed by atoms with van der Waals surface area (Å²) < 4.78 is 81.6. The third kappa shape index (κ3) is 8.99. The number of alkyl halides is 5. The Morgan fingerprint density at radius 3 is 2.21 bits per heavy atom. The van der Waals surface area contributed by atoms with Gasteiger partial charge in [-0.15, -0.1) is 0 Å². The molecule has 3 saturated heterocycles. The molecule has 308 valence electrons. The topological polar surface area (TPSA) is 118 Å². The van der Waals surface area contributed by atoms with Gasteiger partial charge in [0.25, 0.3) is 11.8 Å². The molecule has 1 unspecified atom stereocenters. The van der Waals surface area contributed by atoms with E-state index in [0.717, 1.165) is 35.7 Å². The molecule has 0 aromatic heterocycles. The van der Waals surface area contributed by atoms with Crippen LogP contribution in [0.5, 0.6) is 11.5 Å². The Morgan fingerprint density at radius 2 is 1.55 bits per heavy atom. The molecule has 4 aliphatic heterocycles. The second-order valence-electron chi connectivity index (χ2n) is 15.3. The number of imide groups is 1. The van der Waals surface area contributed by atoms with Crippen molar-refractivity contribution in [2.75, 3.05) is 69.3 Å². The molecule has 58 heavy (non-hydrogen) atoms. The highest BCUT2D eigenvalue weighted by atomic mass is 19.4. The minimum absolute atomic E-state index is 0.146. The Kier molecular flexibility index (Phi) is 11.8. The Balaban J connectivity index is 0.835. The summed E-state index contributed by atoms with van der Waals surface area (Å²) in [5.41, 5.74) is 2.14. The first-order valence-electron chi connectivity index (χ1n) is 19.5. The van der Waals surface area contributed by atoms with Crippen LogP contribution in [-0.2, 0) is 22.3 Å². The highest BCUT2D eigenvalue weighted by Crippen LogP contribution is 2.39. The van der Waals surface area contributed by atoms with Crippen molar-refractivity contribution in [1.29, 1.82) is 5.26 Å². The van der Waals surface area contributed by atoms with Crippen molar-refractivity contribution in [3.63, 3.8) is 0 Å². The minimum Gasteiger partial charge on any atom is -0.496 e. The van der Waals surface area contributed by atoms with Crippen LogP contribution in [0.25, 0.3) is 0 Å². The number of ether oxygens (including phenoxy) is 2. The number of hydrogen-bond donors (Lipinski definition) is 1. The molecular weight excluding hydrogens is 763 g/mol. The summed E-state index contributed by atoms with van der Waals surface area (Å²) in [5.74, 6) is -2.98. The maximum atomic E-state index is 15.0. The lowest BCUT2D eigenvalue weighted by atomic mass is 9.89. The van der Waals surface area contributed by atoms with Crippen molar-refractivity contribution in [1.82, 2.24) is 15.1 Å². The average Bonchev–Trinajstić information content (AvgIpc) is 3.55. The third-order valence-electron chi connectivity index (χ3n) is 11.7. The Labute approximate surface area is 333 Å². The van der Waals surface area contributed by atoms with Gasteiger partial charge in [0.1, 0.15) is 17.5 Å². The molecule has 4 aliphatic rings. The summed E-state index contributed by atoms with van der Waals surface area (Å²) in [6.45, 7) is 3.75. The maximum Gasteiger partial charge on any atom is 0.417 e. The van der Waals surface area contributed by atoms with E-state index in [0.29, 0.717) is 62.0 Å². The van der Waals surface area contributed by atoms with E-state index in [-0.39, 0.29) is 56.7 Å². The largest absolute Gasteiger partial charge is 0.496 e. The number of carbonyl (C=O) groups is 3. The van der Waals surface area contributed by atoms with Crippen molar-refractivity contribution >= 4 is 29.1 Å². The summed E-state index contributed by atoms with van der Waals surface area (Å²) in [4.78, 5) is 45.0. The van der Waals surface area contributed by atoms with Gasteiger partial charge >= 0.3 is 6.18 Å². The number of nitrogens with zero attached hydrogens (tertiary/aromatic N) is 5. The number of fused-ring (bicyclic) bond motifs is 1. The number of piperidine rings is 2. The van der Waals surface area contributed by atoms with Crippen molar-refractivity contribution in [2.24, 2.45) is 0 Å². The number of anilines is 2. The van der Waals surface area contributed by atoms with Gasteiger partial charge in [0.05, 0.1) is 36.5 Å². The monoisotopic (exact) mass is 808 g/mol. The van der Waals surface area contributed by atoms with Gasteiger partial charge in [0, 0.05) is 89.1 Å². The number of nitrogens with one attached hydrogen (secondary N) is 1. The first-order chi connectivity index (χ1) is 27.7. The van der Waals surface area contributed by atoms with Crippen LogP contribution in [0.4, 0.5) is 33.3 Å². The maximum absolute atomic E-state index is 15.0. The van der Waals surface area contributed by atoms with Crippen LogP contribution in [-0.4, -0.2) is 99.0 Å². The molecule has 16 heteroatoms. The highest BCUT2D eigenvalue weighted by Gasteiger charge is 2.41. The van der Waals surface area contributed by atoms with Gasteiger partial charge in [0.2, 0.25) is 11.8 Å². The molecule has 4 heterocycles. The number of hydrogen-bond acceptors (Lipinski definition) is 9. The molecule has 0 saturated carbocycles. The molecule has 3 fully saturated rings. The number of nitriles is 1. The van der Waals surface area contributed by atoms with Crippen LogP contribution in [0.3, 0.4) is 0 Å². The van der Waals surface area contributed by atoms with E-state index in [2.05, 4.69) is 10.2 Å². The molecular formula is C42H45F5N6O5. The van der Waals surface area contributed by atoms with Gasteiger partial charge < -0.3 is 24.2 Å². The van der Waals surface area contributed by atoms with Crippen molar-refractivity contribution in [3.8, 4) is 17.6 Å². The molecule has 3 amide bonds. The van der Waals surface area contributed by atoms with E-state index in [1.165, 1.54) is 18.1 Å². The van der Waals surface area contributed by atoms with Crippen LogP contribution >= 0.6 is 0 Å². The number of methoxy groups -OCH3 is 1. The van der Waals surface area contributed by atoms with E-state index in [9.17, 15) is 36.3 Å². The van der Waals surface area contributed by atoms with Crippen molar-refractivity contribution in [3.05, 3.63) is 82.4 Å². The van der Waals surface area contributed by atoms with Crippen molar-refractivity contribution < 1.29 is 45.8 Å². The summed E-state index contributed by atoms with van der Waals surface area (Å²) in [6, 6.07) is 15.7. The van der Waals surface area contributed by atoms with Crippen LogP contribution < -0.4 is 24.6 Å². The third-order valence-corrected chi connectivity index (χ3v) is 11.7. The number of carbonyl (C=O) groups excluding carboxylic acids is 3. The normalized spacial score (nSPS) is 19.6. The number of halogens is 5. The number of piperazine rings is 1. The molecule has 1 atom stereocenters. The minimum atomic E-state index is -4.61. The molecule has 0 bridgehead atoms. The fourth-order valence-electron chi connectivity index (χ4n) is 8.36. The number of amides is 3. The Bertz CT molecular complexity index is 2060. The first-order valence-corrected chi connectivity index (χ1v) is 19.5. The first kappa shape index (κ1) is 40.8. The van der Waals surface area contributed by atoms with Gasteiger partial charge in [-0.3, -0.25) is 24.6 Å². The fraction of sp³-hybridized carbons (Fsp3) is 0.476. The van der Waals surface area contributed by atoms with Crippen LogP contribution in [0.15, 0.2) is 54.6 Å². The highest BCUT2D eigenvalue weighted by molar-refractivity contribution is 6.06. The second kappa shape index (κ2) is 16.8. The molecule has 3 aromatic rings. The molecule has 3 aromatic carbocycles. The molecule has 1 N–H and O–H groups in total. The lowest BCUT2D eigenvalue weighted by molar-refractivity contribution is -0.138. The zero-order valence-electron chi connectivity index (χ0n) is 32.1. The van der Waals surface area contributed by atoms with Crippen LogP contribution in [0.1, 0.15) is 77.1 Å². The molecule has 7 rings (SSSR count). The van der Waals surface area contributed by atoms with Gasteiger partial charge in [-0.25, -0.2) is 8.78 Å². The zero-order valence-corrected chi connectivity index (χ0v) is 32.1. The van der Waals surface area contributed by atoms with Gasteiger partial charge in [0.15, 0.2) is 0 Å². The standard InChI is InChI=1S/C42H45F5N6O5/c1-57-36-24-32(22-30-26-53(40(56)38(30)36)35-8-9-37(54)49-39(35)55)52-19-17-50(18-20-52)16-12-41(43,44)13-21-58-33-6-3-27(4-7-33)28-10-14-51(15-11-28)31-5-2-29(25-48)34(23-31)42(45,46)47/h2-7,22-24,28,35H,8-21,26H2,1H3,(H,49,54,55). The van der Waals surface area contributed by atoms with Crippen molar-refractivity contribution in [2.45, 2.75) is 69.1 Å². The summed E-state index contributed by atoms with van der Waals surface area (Å²) in [6.07, 6.45) is -3.48. The van der Waals surface area contributed by atoms with Gasteiger partial charge in [-0.2, -0.15) is 18.4 Å². The average molecular weight is 809 g/mol. The lowest BCUT2D eigenvalue weighted by Crippen LogP contribution is -2.52. The van der Waals surface area contributed by atoms with E-state index >= 15 is 0 Å². The van der Waals surface area contributed by atoms with E-state index in [1.54, 1.807) is 30.3 Å². The van der Waals surface area contributed by atoms with Crippen LogP contribution in [0, 0.1) is 11.3 Å². The van der Waals surface area contributed by atoms with E-state index < -0.39 is 41.6 Å². The second-order valence-corrected chi connectivity index (χ2v) is 15.3. The molecule has 11 nitrogen and oxygen atoms in total. The SMILES string of the molecule is COc1cc(N2CCN(CCC(F)(F)CCOc3ccc(C4CCN(c5ccc(C#N)c(C(F)(F)F)c5)CC4)cc3)CC2)cc2c1C(=O)N(C1CCC(=O)NC1=O)C2. The number of rotatable bonds is 12. The predicted octanol–water partition coefficient (Wildman–Crippen LogP) is 6.35. The molecule has 0 spiro atoms. The summed E-state index contributed by atoms with van der Waals surface area (Å²) in [7, 11) is 1.49. The van der Waals surface area contributed by atoms with Gasteiger partial charge in [-0.05, 0) is 72.7 Å². The number of benzene rings is 3. The smallest absolute Gasteiger partial charge is 0.417 e. The van der Waals surface area contributed by atoms with E-state index in [1.807, 2.05) is 28.0 Å². The lowest BCUT2D eigenvalue weighted by Gasteiger charge is -2.37. The molecule has 0 radical (unpaired) electrons. The fourth-order valence-corrected chi connectivity index (χ4v) is 8.36. The quantitative estimate of drug-likeness (QED) is 0.165. The van der Waals surface area contributed by atoms with E-state index in [4.69, 9.17) is 14.7 Å².